The van der Waals surface area contributed by atoms with Crippen molar-refractivity contribution in [1.29, 1.82) is 0 Å². The van der Waals surface area contributed by atoms with E-state index in [2.05, 4.69) is 29.2 Å². The fourth-order valence-corrected chi connectivity index (χ4v) is 3.85. The van der Waals surface area contributed by atoms with Crippen molar-refractivity contribution in [1.82, 2.24) is 4.90 Å². The lowest BCUT2D eigenvalue weighted by Crippen LogP contribution is -2.42. The molecule has 1 aliphatic carbocycles. The van der Waals surface area contributed by atoms with Crippen LogP contribution in [0.3, 0.4) is 0 Å². The molecular weight excluding hydrogens is 270 g/mol. The maximum atomic E-state index is 12.8. The predicted octanol–water partition coefficient (Wildman–Crippen LogP) is 3.58. The summed E-state index contributed by atoms with van der Waals surface area (Å²) in [5.74, 6) is 1.76. The van der Waals surface area contributed by atoms with Gasteiger partial charge in [-0.1, -0.05) is 24.3 Å². The van der Waals surface area contributed by atoms with E-state index in [0.717, 1.165) is 51.1 Å². The molecule has 2 nitrogen and oxygen atoms in total. The minimum Gasteiger partial charge on any atom is -0.342 e. The van der Waals surface area contributed by atoms with Crippen molar-refractivity contribution in [3.8, 4) is 0 Å². The van der Waals surface area contributed by atoms with Crippen molar-refractivity contribution < 1.29 is 4.79 Å². The van der Waals surface area contributed by atoms with Gasteiger partial charge in [-0.3, -0.25) is 4.79 Å². The summed E-state index contributed by atoms with van der Waals surface area (Å²) in [5.41, 5.74) is 2.64. The minimum atomic E-state index is 0.0903. The van der Waals surface area contributed by atoms with Gasteiger partial charge >= 0.3 is 0 Å². The zero-order valence-corrected chi connectivity index (χ0v) is 12.6. The van der Waals surface area contributed by atoms with Gasteiger partial charge in [-0.15, -0.1) is 11.6 Å². The number of piperidine rings is 1. The second-order valence-corrected chi connectivity index (χ2v) is 6.38. The average molecular weight is 292 g/mol. The van der Waals surface area contributed by atoms with Gasteiger partial charge in [0.25, 0.3) is 0 Å². The highest BCUT2D eigenvalue weighted by molar-refractivity contribution is 6.18. The Hall–Kier alpha value is -1.02. The summed E-state index contributed by atoms with van der Waals surface area (Å²) >= 11 is 5.92. The third kappa shape index (κ3) is 2.71. The van der Waals surface area contributed by atoms with Crippen LogP contribution < -0.4 is 0 Å². The predicted molar refractivity (Wildman–Crippen MR) is 82.1 cm³/mol. The summed E-state index contributed by atoms with van der Waals surface area (Å²) in [6, 6.07) is 8.46. The molecule has 1 unspecified atom stereocenters. The Bertz CT molecular complexity index is 480. The molecule has 0 radical (unpaired) electrons. The Kier molecular flexibility index (Phi) is 4.30. The first-order valence-electron chi connectivity index (χ1n) is 7.72. The maximum Gasteiger partial charge on any atom is 0.230 e. The Morgan fingerprint density at radius 1 is 1.20 bits per heavy atom. The van der Waals surface area contributed by atoms with Crippen LogP contribution in [-0.4, -0.2) is 29.8 Å². The number of halogens is 1. The SMILES string of the molecule is O=C(C1CCCc2ccccc21)N1CCC(CCl)CC1. The summed E-state index contributed by atoms with van der Waals surface area (Å²) in [6.45, 7) is 1.77. The standard InChI is InChI=1S/C17H22ClNO/c18-12-13-8-10-19(11-9-13)17(20)16-7-3-5-14-4-1-2-6-15(14)16/h1-2,4,6,13,16H,3,5,7-12H2. The molecular formula is C17H22ClNO. The summed E-state index contributed by atoms with van der Waals surface area (Å²) in [6.07, 6.45) is 5.37. The topological polar surface area (TPSA) is 20.3 Å². The first-order valence-corrected chi connectivity index (χ1v) is 8.25. The smallest absolute Gasteiger partial charge is 0.230 e. The molecule has 1 saturated heterocycles. The summed E-state index contributed by atoms with van der Waals surface area (Å²) in [4.78, 5) is 14.9. The number of aryl methyl sites for hydroxylation is 1. The molecule has 0 aromatic heterocycles. The van der Waals surface area contributed by atoms with Gasteiger partial charge < -0.3 is 4.90 Å². The summed E-state index contributed by atoms with van der Waals surface area (Å²) in [7, 11) is 0. The van der Waals surface area contributed by atoms with Gasteiger partial charge in [0.05, 0.1) is 5.92 Å². The van der Waals surface area contributed by atoms with Gasteiger partial charge in [-0.05, 0) is 49.1 Å². The van der Waals surface area contributed by atoms with Crippen molar-refractivity contribution in [2.45, 2.75) is 38.0 Å². The molecule has 1 atom stereocenters. The van der Waals surface area contributed by atoms with E-state index in [-0.39, 0.29) is 5.92 Å². The lowest BCUT2D eigenvalue weighted by Gasteiger charge is -2.35. The van der Waals surface area contributed by atoms with Crippen LogP contribution in [0.15, 0.2) is 24.3 Å². The molecule has 1 aromatic rings. The van der Waals surface area contributed by atoms with Crippen LogP contribution >= 0.6 is 11.6 Å². The number of hydrogen-bond acceptors (Lipinski definition) is 1. The molecule has 0 N–H and O–H groups in total. The third-order valence-corrected chi connectivity index (χ3v) is 5.25. The van der Waals surface area contributed by atoms with Gasteiger partial charge in [0.15, 0.2) is 0 Å². The van der Waals surface area contributed by atoms with Gasteiger partial charge in [-0.2, -0.15) is 0 Å². The zero-order valence-electron chi connectivity index (χ0n) is 11.9. The highest BCUT2D eigenvalue weighted by Gasteiger charge is 2.31. The van der Waals surface area contributed by atoms with E-state index in [4.69, 9.17) is 11.6 Å². The van der Waals surface area contributed by atoms with Crippen LogP contribution in [0.4, 0.5) is 0 Å². The number of rotatable bonds is 2. The lowest BCUT2D eigenvalue weighted by molar-refractivity contribution is -0.134. The first-order chi connectivity index (χ1) is 9.79. The van der Waals surface area contributed by atoms with Gasteiger partial charge in [-0.25, -0.2) is 0 Å². The number of amides is 1. The fraction of sp³-hybridized carbons (Fsp3) is 0.588. The third-order valence-electron chi connectivity index (χ3n) is 4.81. The number of hydrogen-bond donors (Lipinski definition) is 0. The molecule has 20 heavy (non-hydrogen) atoms. The molecule has 0 spiro atoms. The van der Waals surface area contributed by atoms with Crippen molar-refractivity contribution in [3.63, 3.8) is 0 Å². The Morgan fingerprint density at radius 3 is 2.70 bits per heavy atom. The number of nitrogens with zero attached hydrogens (tertiary/aromatic N) is 1. The van der Waals surface area contributed by atoms with E-state index >= 15 is 0 Å². The molecule has 1 amide bonds. The maximum absolute atomic E-state index is 12.8. The van der Waals surface area contributed by atoms with Gasteiger partial charge in [0.1, 0.15) is 0 Å². The summed E-state index contributed by atoms with van der Waals surface area (Å²) in [5, 5.41) is 0. The van der Waals surface area contributed by atoms with Crippen LogP contribution in [0.25, 0.3) is 0 Å². The van der Waals surface area contributed by atoms with Crippen LogP contribution in [0.1, 0.15) is 42.7 Å². The molecule has 1 aromatic carbocycles. The lowest BCUT2D eigenvalue weighted by atomic mass is 9.81. The number of carbonyl (C=O) groups is 1. The Labute approximate surface area is 126 Å². The molecule has 1 heterocycles. The van der Waals surface area contributed by atoms with E-state index in [1.807, 2.05) is 0 Å². The number of fused-ring (bicyclic) bond motifs is 1. The largest absolute Gasteiger partial charge is 0.342 e. The molecule has 0 bridgehead atoms. The normalized spacial score (nSPS) is 23.4. The molecule has 3 heteroatoms. The fourth-order valence-electron chi connectivity index (χ4n) is 3.54. The Balaban J connectivity index is 1.72. The first kappa shape index (κ1) is 13.9. The van der Waals surface area contributed by atoms with Crippen LogP contribution in [0.2, 0.25) is 0 Å². The quantitative estimate of drug-likeness (QED) is 0.763. The highest BCUT2D eigenvalue weighted by atomic mass is 35.5. The van der Waals surface area contributed by atoms with E-state index in [0.29, 0.717) is 11.8 Å². The van der Waals surface area contributed by atoms with Crippen molar-refractivity contribution in [3.05, 3.63) is 35.4 Å². The Morgan fingerprint density at radius 2 is 1.95 bits per heavy atom. The highest BCUT2D eigenvalue weighted by Crippen LogP contribution is 2.33. The number of alkyl halides is 1. The monoisotopic (exact) mass is 291 g/mol. The van der Waals surface area contributed by atoms with E-state index in [1.54, 1.807) is 0 Å². The molecule has 0 saturated carbocycles. The molecule has 2 aliphatic rings. The number of likely N-dealkylation sites (tertiary alicyclic amines) is 1. The number of carbonyl (C=O) groups excluding carboxylic acids is 1. The molecule has 1 aliphatic heterocycles. The van der Waals surface area contributed by atoms with E-state index in [9.17, 15) is 4.79 Å². The second-order valence-electron chi connectivity index (χ2n) is 6.07. The molecule has 108 valence electrons. The van der Waals surface area contributed by atoms with Crippen LogP contribution in [0, 0.1) is 5.92 Å². The van der Waals surface area contributed by atoms with E-state index < -0.39 is 0 Å². The van der Waals surface area contributed by atoms with Crippen molar-refractivity contribution in [2.75, 3.05) is 19.0 Å². The van der Waals surface area contributed by atoms with E-state index in [1.165, 1.54) is 11.1 Å². The van der Waals surface area contributed by atoms with Gasteiger partial charge in [0.2, 0.25) is 5.91 Å². The average Bonchev–Trinajstić information content (AvgIpc) is 2.54. The second kappa shape index (κ2) is 6.17. The van der Waals surface area contributed by atoms with Crippen LogP contribution in [0.5, 0.6) is 0 Å². The summed E-state index contributed by atoms with van der Waals surface area (Å²) < 4.78 is 0. The van der Waals surface area contributed by atoms with Crippen molar-refractivity contribution in [2.24, 2.45) is 5.92 Å². The molecule has 1 fully saturated rings. The zero-order chi connectivity index (χ0) is 13.9. The van der Waals surface area contributed by atoms with Gasteiger partial charge in [0, 0.05) is 19.0 Å². The number of benzene rings is 1. The van der Waals surface area contributed by atoms with Crippen molar-refractivity contribution >= 4 is 17.5 Å². The minimum absolute atomic E-state index is 0.0903. The molecule has 3 rings (SSSR count). The van der Waals surface area contributed by atoms with Crippen LogP contribution in [-0.2, 0) is 11.2 Å².